The van der Waals surface area contributed by atoms with E-state index in [0.29, 0.717) is 11.6 Å². The monoisotopic (exact) mass is 456 g/mol. The van der Waals surface area contributed by atoms with E-state index in [1.54, 1.807) is 12.1 Å². The van der Waals surface area contributed by atoms with Crippen molar-refractivity contribution in [2.45, 2.75) is 38.0 Å². The minimum absolute atomic E-state index is 0.196. The first-order valence-corrected chi connectivity index (χ1v) is 10.6. The van der Waals surface area contributed by atoms with E-state index < -0.39 is 23.5 Å². The summed E-state index contributed by atoms with van der Waals surface area (Å²) < 4.78 is 32.2. The van der Waals surface area contributed by atoms with Crippen LogP contribution in [-0.2, 0) is 4.79 Å². The van der Waals surface area contributed by atoms with Gasteiger partial charge in [-0.3, -0.25) is 9.59 Å². The summed E-state index contributed by atoms with van der Waals surface area (Å²) in [6.07, 6.45) is 3.88. The van der Waals surface area contributed by atoms with Crippen molar-refractivity contribution in [3.63, 3.8) is 0 Å². The Kier molecular flexibility index (Phi) is 6.62. The number of anilines is 3. The molecule has 1 saturated carbocycles. The molecular formula is C23H22F2N4O4. The second-order valence-electron chi connectivity index (χ2n) is 8.05. The number of carbonyl (C=O) groups is 2. The van der Waals surface area contributed by atoms with Gasteiger partial charge < -0.3 is 20.2 Å². The summed E-state index contributed by atoms with van der Waals surface area (Å²) in [5.74, 6) is -2.48. The number of nitrogens with zero attached hydrogens (tertiary/aromatic N) is 2. The minimum Gasteiger partial charge on any atom is -0.481 e. The predicted molar refractivity (Wildman–Crippen MR) is 115 cm³/mol. The van der Waals surface area contributed by atoms with Gasteiger partial charge in [-0.2, -0.15) is 0 Å². The summed E-state index contributed by atoms with van der Waals surface area (Å²) >= 11 is 0. The Labute approximate surface area is 188 Å². The Morgan fingerprint density at radius 3 is 2.45 bits per heavy atom. The summed E-state index contributed by atoms with van der Waals surface area (Å²) in [6, 6.07) is 10.0. The maximum atomic E-state index is 13.7. The summed E-state index contributed by atoms with van der Waals surface area (Å²) in [6.45, 7) is 0. The molecule has 33 heavy (non-hydrogen) atoms. The molecule has 4 rings (SSSR count). The number of aromatic nitrogens is 2. The van der Waals surface area contributed by atoms with Gasteiger partial charge in [0, 0.05) is 18.2 Å². The second kappa shape index (κ2) is 9.76. The molecular weight excluding hydrogens is 434 g/mol. The lowest BCUT2D eigenvalue weighted by atomic mass is 9.77. The van der Waals surface area contributed by atoms with Crippen LogP contribution in [0.25, 0.3) is 0 Å². The van der Waals surface area contributed by atoms with Gasteiger partial charge in [-0.1, -0.05) is 17.2 Å². The Bertz CT molecular complexity index is 1140. The number of halogens is 2. The molecule has 3 aromatic rings. The molecule has 0 bridgehead atoms. The summed E-state index contributed by atoms with van der Waals surface area (Å²) in [4.78, 5) is 23.3. The highest BCUT2D eigenvalue weighted by atomic mass is 19.1. The number of nitrogens with one attached hydrogen (secondary N) is 2. The summed E-state index contributed by atoms with van der Waals surface area (Å²) in [5, 5.41) is 21.3. The molecule has 1 heterocycles. The van der Waals surface area contributed by atoms with E-state index in [-0.39, 0.29) is 29.9 Å². The van der Waals surface area contributed by atoms with E-state index in [2.05, 4.69) is 20.8 Å². The van der Waals surface area contributed by atoms with Gasteiger partial charge in [-0.05, 0) is 67.3 Å². The number of carboxylic acid groups (broad SMARTS) is 1. The van der Waals surface area contributed by atoms with Crippen LogP contribution in [0.4, 0.5) is 26.2 Å². The number of hydrogen-bond donors (Lipinski definition) is 3. The van der Waals surface area contributed by atoms with Crippen molar-refractivity contribution in [2.75, 3.05) is 10.6 Å². The maximum absolute atomic E-state index is 13.7. The van der Waals surface area contributed by atoms with Crippen LogP contribution in [0.3, 0.4) is 0 Å². The van der Waals surface area contributed by atoms with Crippen molar-refractivity contribution in [1.29, 1.82) is 0 Å². The van der Waals surface area contributed by atoms with E-state index in [4.69, 9.17) is 9.52 Å². The molecule has 0 aliphatic heterocycles. The van der Waals surface area contributed by atoms with Crippen LogP contribution in [-0.4, -0.2) is 27.2 Å². The molecule has 0 unspecified atom stereocenters. The molecule has 0 spiro atoms. The molecule has 1 amide bonds. The topological polar surface area (TPSA) is 117 Å². The average Bonchev–Trinajstić information content (AvgIpc) is 3.26. The molecule has 10 heteroatoms. The number of aliphatic carboxylic acids is 1. The van der Waals surface area contributed by atoms with Gasteiger partial charge in [0.05, 0.1) is 5.69 Å². The normalized spacial score (nSPS) is 18.0. The average molecular weight is 456 g/mol. The lowest BCUT2D eigenvalue weighted by molar-refractivity contribution is -0.138. The fraction of sp³-hybridized carbons (Fsp3) is 0.304. The molecule has 1 fully saturated rings. The zero-order chi connectivity index (χ0) is 23.4. The highest BCUT2D eigenvalue weighted by Crippen LogP contribution is 2.37. The number of benzene rings is 2. The van der Waals surface area contributed by atoms with Crippen molar-refractivity contribution < 1.29 is 27.9 Å². The van der Waals surface area contributed by atoms with E-state index in [1.807, 2.05) is 12.1 Å². The number of amides is 1. The van der Waals surface area contributed by atoms with Gasteiger partial charge in [0.25, 0.3) is 0 Å². The number of hydrogen-bond acceptors (Lipinski definition) is 6. The van der Waals surface area contributed by atoms with Crippen LogP contribution in [0.5, 0.6) is 0 Å². The van der Waals surface area contributed by atoms with Crippen molar-refractivity contribution in [2.24, 2.45) is 5.92 Å². The minimum atomic E-state index is -0.746. The van der Waals surface area contributed by atoms with Gasteiger partial charge in [-0.15, -0.1) is 5.10 Å². The zero-order valence-corrected chi connectivity index (χ0v) is 17.6. The third-order valence-electron chi connectivity index (χ3n) is 5.74. The molecule has 0 radical (unpaired) electrons. The van der Waals surface area contributed by atoms with Crippen LogP contribution in [0, 0.1) is 17.6 Å². The molecule has 1 aliphatic rings. The highest BCUT2D eigenvalue weighted by Gasteiger charge is 2.24. The standard InChI is InChI=1S/C23H22F2N4O4/c24-16-7-10-18(25)19(12-16)27-23-29-28-22(33-23)21(32)26-17-8-5-15(6-9-17)14-3-1-13(2-4-14)11-20(30)31/h5-10,12-14H,1-4,11H2,(H,26,32)(H,27,29)(H,30,31)/t13-,14-. The van der Waals surface area contributed by atoms with E-state index in [1.165, 1.54) is 0 Å². The number of carboxylic acids is 1. The summed E-state index contributed by atoms with van der Waals surface area (Å²) in [5.41, 5.74) is 1.48. The first-order valence-electron chi connectivity index (χ1n) is 10.6. The van der Waals surface area contributed by atoms with Crippen LogP contribution in [0.15, 0.2) is 46.9 Å². The fourth-order valence-electron chi connectivity index (χ4n) is 4.04. The van der Waals surface area contributed by atoms with Gasteiger partial charge in [0.2, 0.25) is 0 Å². The van der Waals surface area contributed by atoms with Gasteiger partial charge in [0.15, 0.2) is 0 Å². The van der Waals surface area contributed by atoms with Gasteiger partial charge >= 0.3 is 23.8 Å². The lowest BCUT2D eigenvalue weighted by Gasteiger charge is -2.28. The Hall–Kier alpha value is -3.82. The van der Waals surface area contributed by atoms with E-state index >= 15 is 0 Å². The highest BCUT2D eigenvalue weighted by molar-refractivity contribution is 6.00. The molecule has 0 saturated heterocycles. The molecule has 8 nitrogen and oxygen atoms in total. The first-order chi connectivity index (χ1) is 15.9. The molecule has 2 aromatic carbocycles. The predicted octanol–water partition coefficient (Wildman–Crippen LogP) is 5.09. The van der Waals surface area contributed by atoms with Crippen LogP contribution < -0.4 is 10.6 Å². The molecule has 1 aliphatic carbocycles. The van der Waals surface area contributed by atoms with Crippen molar-refractivity contribution in [3.05, 3.63) is 65.6 Å². The molecule has 1 aromatic heterocycles. The zero-order valence-electron chi connectivity index (χ0n) is 17.6. The number of carbonyl (C=O) groups excluding carboxylic acids is 1. The van der Waals surface area contributed by atoms with Crippen molar-refractivity contribution >= 4 is 29.3 Å². The molecule has 172 valence electrons. The first kappa shape index (κ1) is 22.4. The largest absolute Gasteiger partial charge is 0.481 e. The SMILES string of the molecule is O=C(O)C[C@H]1CC[C@H](c2ccc(NC(=O)c3nnc(Nc4cc(F)ccc4F)o3)cc2)CC1. The fourth-order valence-corrected chi connectivity index (χ4v) is 4.04. The van der Waals surface area contributed by atoms with Crippen molar-refractivity contribution in [1.82, 2.24) is 10.2 Å². The van der Waals surface area contributed by atoms with E-state index in [0.717, 1.165) is 49.4 Å². The Balaban J connectivity index is 1.33. The third-order valence-corrected chi connectivity index (χ3v) is 5.74. The maximum Gasteiger partial charge on any atom is 0.320 e. The molecule has 3 N–H and O–H groups in total. The van der Waals surface area contributed by atoms with Gasteiger partial charge in [-0.25, -0.2) is 8.78 Å². The van der Waals surface area contributed by atoms with Crippen LogP contribution in [0.2, 0.25) is 0 Å². The third kappa shape index (κ3) is 5.71. The quantitative estimate of drug-likeness (QED) is 0.453. The second-order valence-corrected chi connectivity index (χ2v) is 8.05. The van der Waals surface area contributed by atoms with Crippen LogP contribution >= 0.6 is 0 Å². The lowest BCUT2D eigenvalue weighted by Crippen LogP contribution is -2.16. The Morgan fingerprint density at radius 1 is 1.03 bits per heavy atom. The molecule has 0 atom stereocenters. The van der Waals surface area contributed by atoms with Crippen LogP contribution in [0.1, 0.15) is 54.3 Å². The number of rotatable bonds is 7. The summed E-state index contributed by atoms with van der Waals surface area (Å²) in [7, 11) is 0. The van der Waals surface area contributed by atoms with Crippen molar-refractivity contribution in [3.8, 4) is 0 Å². The smallest absolute Gasteiger partial charge is 0.320 e. The Morgan fingerprint density at radius 2 is 1.76 bits per heavy atom. The van der Waals surface area contributed by atoms with E-state index in [9.17, 15) is 18.4 Å². The van der Waals surface area contributed by atoms with Gasteiger partial charge in [0.1, 0.15) is 11.6 Å².